The fourth-order valence-corrected chi connectivity index (χ4v) is 1.71. The molecule has 0 saturated heterocycles. The average Bonchev–Trinajstić information content (AvgIpc) is 2.39. The summed E-state index contributed by atoms with van der Waals surface area (Å²) in [7, 11) is 1.70. The minimum Gasteiger partial charge on any atom is -0.276 e. The molecule has 0 bridgehead atoms. The van der Waals surface area contributed by atoms with E-state index in [9.17, 15) is 0 Å². The van der Waals surface area contributed by atoms with E-state index in [0.717, 1.165) is 12.2 Å². The molecule has 0 spiro atoms. The summed E-state index contributed by atoms with van der Waals surface area (Å²) >= 11 is 0. The summed E-state index contributed by atoms with van der Waals surface area (Å²) in [6, 6.07) is 18.6. The SMILES string of the molecule is CON(Cc1ccc(C)cc1)c1ccccc1. The number of anilines is 1. The van der Waals surface area contributed by atoms with E-state index in [2.05, 4.69) is 31.2 Å². The van der Waals surface area contributed by atoms with Crippen LogP contribution in [0.4, 0.5) is 5.69 Å². The summed E-state index contributed by atoms with van der Waals surface area (Å²) in [4.78, 5) is 5.40. The lowest BCUT2D eigenvalue weighted by molar-refractivity contribution is 0.163. The summed E-state index contributed by atoms with van der Waals surface area (Å²) in [5.74, 6) is 0. The second-order valence-corrected chi connectivity index (χ2v) is 4.04. The lowest BCUT2D eigenvalue weighted by Crippen LogP contribution is -2.20. The first-order valence-corrected chi connectivity index (χ1v) is 5.72. The van der Waals surface area contributed by atoms with Crippen LogP contribution in [0.1, 0.15) is 11.1 Å². The Morgan fingerprint density at radius 3 is 2.18 bits per heavy atom. The van der Waals surface area contributed by atoms with Crippen molar-refractivity contribution < 1.29 is 4.84 Å². The molecule has 2 rings (SSSR count). The van der Waals surface area contributed by atoms with Crippen molar-refractivity contribution in [2.24, 2.45) is 0 Å². The highest BCUT2D eigenvalue weighted by atomic mass is 16.7. The number of para-hydroxylation sites is 1. The van der Waals surface area contributed by atoms with Crippen molar-refractivity contribution in [3.8, 4) is 0 Å². The lowest BCUT2D eigenvalue weighted by Gasteiger charge is -2.21. The van der Waals surface area contributed by atoms with Crippen LogP contribution in [-0.4, -0.2) is 7.11 Å². The molecule has 2 aromatic rings. The first-order valence-electron chi connectivity index (χ1n) is 5.72. The Labute approximate surface area is 102 Å². The summed E-state index contributed by atoms with van der Waals surface area (Å²) in [5.41, 5.74) is 3.58. The normalized spacial score (nSPS) is 10.2. The topological polar surface area (TPSA) is 12.5 Å². The summed E-state index contributed by atoms with van der Waals surface area (Å²) in [6.45, 7) is 2.84. The first-order chi connectivity index (χ1) is 8.29. The van der Waals surface area contributed by atoms with Gasteiger partial charge in [-0.05, 0) is 24.6 Å². The molecule has 0 fully saturated rings. The number of hydroxylamine groups is 1. The van der Waals surface area contributed by atoms with Gasteiger partial charge in [-0.25, -0.2) is 0 Å². The molecular weight excluding hydrogens is 210 g/mol. The molecule has 0 atom stereocenters. The molecule has 88 valence electrons. The fourth-order valence-electron chi connectivity index (χ4n) is 1.71. The van der Waals surface area contributed by atoms with Gasteiger partial charge in [0.2, 0.25) is 0 Å². The van der Waals surface area contributed by atoms with Crippen LogP contribution in [-0.2, 0) is 11.4 Å². The average molecular weight is 227 g/mol. The molecule has 0 aliphatic carbocycles. The minimum atomic E-state index is 0.751. The van der Waals surface area contributed by atoms with Crippen LogP contribution >= 0.6 is 0 Å². The van der Waals surface area contributed by atoms with Crippen molar-refractivity contribution in [1.29, 1.82) is 0 Å². The number of hydrogen-bond acceptors (Lipinski definition) is 2. The van der Waals surface area contributed by atoms with Crippen LogP contribution in [0.2, 0.25) is 0 Å². The molecular formula is C15H17NO. The van der Waals surface area contributed by atoms with Gasteiger partial charge in [0.1, 0.15) is 0 Å². The van der Waals surface area contributed by atoms with Gasteiger partial charge in [-0.15, -0.1) is 0 Å². The van der Waals surface area contributed by atoms with Crippen molar-refractivity contribution in [2.75, 3.05) is 12.2 Å². The van der Waals surface area contributed by atoms with Gasteiger partial charge in [0.05, 0.1) is 19.3 Å². The van der Waals surface area contributed by atoms with Crippen LogP contribution < -0.4 is 5.06 Å². The van der Waals surface area contributed by atoms with E-state index in [1.54, 1.807) is 7.11 Å². The molecule has 0 amide bonds. The number of rotatable bonds is 4. The minimum absolute atomic E-state index is 0.751. The van der Waals surface area contributed by atoms with Gasteiger partial charge in [-0.1, -0.05) is 48.0 Å². The zero-order valence-electron chi connectivity index (χ0n) is 10.3. The first kappa shape index (κ1) is 11.7. The Morgan fingerprint density at radius 1 is 0.941 bits per heavy atom. The molecule has 0 aliphatic heterocycles. The molecule has 2 aromatic carbocycles. The van der Waals surface area contributed by atoms with Gasteiger partial charge in [0.25, 0.3) is 0 Å². The third kappa shape index (κ3) is 3.08. The molecule has 0 radical (unpaired) electrons. The van der Waals surface area contributed by atoms with Crippen molar-refractivity contribution in [3.05, 3.63) is 65.7 Å². The van der Waals surface area contributed by atoms with Crippen LogP contribution in [0.15, 0.2) is 54.6 Å². The molecule has 0 aromatic heterocycles. The Balaban J connectivity index is 2.13. The molecule has 17 heavy (non-hydrogen) atoms. The highest BCUT2D eigenvalue weighted by Crippen LogP contribution is 2.16. The van der Waals surface area contributed by atoms with Crippen LogP contribution in [0.3, 0.4) is 0 Å². The van der Waals surface area contributed by atoms with Gasteiger partial charge < -0.3 is 0 Å². The number of nitrogens with zero attached hydrogens (tertiary/aromatic N) is 1. The van der Waals surface area contributed by atoms with Crippen molar-refractivity contribution >= 4 is 5.69 Å². The largest absolute Gasteiger partial charge is 0.276 e. The van der Waals surface area contributed by atoms with Crippen molar-refractivity contribution in [3.63, 3.8) is 0 Å². The monoisotopic (exact) mass is 227 g/mol. The molecule has 2 nitrogen and oxygen atoms in total. The molecule has 2 heteroatoms. The van der Waals surface area contributed by atoms with E-state index in [0.29, 0.717) is 0 Å². The van der Waals surface area contributed by atoms with Gasteiger partial charge in [0, 0.05) is 0 Å². The predicted molar refractivity (Wildman–Crippen MR) is 70.8 cm³/mol. The van der Waals surface area contributed by atoms with E-state index in [-0.39, 0.29) is 0 Å². The van der Waals surface area contributed by atoms with E-state index in [1.165, 1.54) is 11.1 Å². The van der Waals surface area contributed by atoms with Crippen molar-refractivity contribution in [1.82, 2.24) is 0 Å². The lowest BCUT2D eigenvalue weighted by atomic mass is 10.1. The highest BCUT2D eigenvalue weighted by molar-refractivity contribution is 5.44. The predicted octanol–water partition coefficient (Wildman–Crippen LogP) is 3.56. The third-order valence-electron chi connectivity index (χ3n) is 2.71. The van der Waals surface area contributed by atoms with E-state index >= 15 is 0 Å². The van der Waals surface area contributed by atoms with Gasteiger partial charge in [-0.2, -0.15) is 0 Å². The molecule has 0 unspecified atom stereocenters. The number of hydrogen-bond donors (Lipinski definition) is 0. The molecule has 0 aliphatic rings. The second-order valence-electron chi connectivity index (χ2n) is 4.04. The Bertz CT molecular complexity index is 450. The summed E-state index contributed by atoms with van der Waals surface area (Å²) in [5, 5.41) is 1.88. The van der Waals surface area contributed by atoms with Crippen LogP contribution in [0, 0.1) is 6.92 Å². The third-order valence-corrected chi connectivity index (χ3v) is 2.71. The number of benzene rings is 2. The van der Waals surface area contributed by atoms with E-state index in [4.69, 9.17) is 4.84 Å². The van der Waals surface area contributed by atoms with E-state index < -0.39 is 0 Å². The van der Waals surface area contributed by atoms with Gasteiger partial charge in [0.15, 0.2) is 0 Å². The standard InChI is InChI=1S/C15H17NO/c1-13-8-10-14(11-9-13)12-16(17-2)15-6-4-3-5-7-15/h3-11H,12H2,1-2H3. The maximum atomic E-state index is 5.40. The maximum absolute atomic E-state index is 5.40. The van der Waals surface area contributed by atoms with Crippen LogP contribution in [0.25, 0.3) is 0 Å². The van der Waals surface area contributed by atoms with Crippen molar-refractivity contribution in [2.45, 2.75) is 13.5 Å². The molecule has 0 N–H and O–H groups in total. The summed E-state index contributed by atoms with van der Waals surface area (Å²) < 4.78 is 0. The Hall–Kier alpha value is -1.80. The summed E-state index contributed by atoms with van der Waals surface area (Å²) in [6.07, 6.45) is 0. The maximum Gasteiger partial charge on any atom is 0.0706 e. The smallest absolute Gasteiger partial charge is 0.0706 e. The highest BCUT2D eigenvalue weighted by Gasteiger charge is 2.05. The number of aryl methyl sites for hydroxylation is 1. The van der Waals surface area contributed by atoms with Gasteiger partial charge in [-0.3, -0.25) is 9.90 Å². The van der Waals surface area contributed by atoms with Gasteiger partial charge >= 0.3 is 0 Å². The zero-order chi connectivity index (χ0) is 12.1. The molecule has 0 heterocycles. The zero-order valence-corrected chi connectivity index (χ0v) is 10.3. The molecule has 0 saturated carbocycles. The quantitative estimate of drug-likeness (QED) is 0.740. The van der Waals surface area contributed by atoms with Crippen LogP contribution in [0.5, 0.6) is 0 Å². The fraction of sp³-hybridized carbons (Fsp3) is 0.200. The van der Waals surface area contributed by atoms with E-state index in [1.807, 2.05) is 35.4 Å². The second kappa shape index (κ2) is 5.51. The Morgan fingerprint density at radius 2 is 1.59 bits per heavy atom. The Kier molecular flexibility index (Phi) is 3.78.